The number of unbranched alkanes of at least 4 members (excludes halogenated alkanes) is 1. The SMILES string of the molecule is CC1=CCCC=C1C.CCCC#CC1Cc2ccccc2C1. The maximum absolute atomic E-state index is 3.38. The van der Waals surface area contributed by atoms with Gasteiger partial charge in [0.05, 0.1) is 0 Å². The predicted molar refractivity (Wildman–Crippen MR) is 96.8 cm³/mol. The molecule has 0 amide bonds. The van der Waals surface area contributed by atoms with Crippen LogP contribution in [0.5, 0.6) is 0 Å². The summed E-state index contributed by atoms with van der Waals surface area (Å²) >= 11 is 0. The molecule has 0 unspecified atom stereocenters. The minimum Gasteiger partial charge on any atom is -0.103 e. The quantitative estimate of drug-likeness (QED) is 0.567. The molecule has 0 saturated heterocycles. The molecule has 0 aromatic heterocycles. The number of rotatable bonds is 1. The number of hydrogen-bond donors (Lipinski definition) is 0. The Balaban J connectivity index is 0.000000188. The average Bonchev–Trinajstić information content (AvgIpc) is 2.94. The van der Waals surface area contributed by atoms with E-state index in [4.69, 9.17) is 0 Å². The third-order valence-corrected chi connectivity index (χ3v) is 4.42. The van der Waals surface area contributed by atoms with Gasteiger partial charge in [0.15, 0.2) is 0 Å². The number of allylic oxidation sites excluding steroid dienone is 4. The van der Waals surface area contributed by atoms with Gasteiger partial charge in [-0.3, -0.25) is 0 Å². The first-order valence-corrected chi connectivity index (χ1v) is 8.59. The van der Waals surface area contributed by atoms with E-state index in [0.717, 1.165) is 19.3 Å². The van der Waals surface area contributed by atoms with Crippen LogP contribution in [0.15, 0.2) is 47.6 Å². The van der Waals surface area contributed by atoms with Crippen LogP contribution in [0.3, 0.4) is 0 Å². The molecule has 0 nitrogen and oxygen atoms in total. The summed E-state index contributed by atoms with van der Waals surface area (Å²) in [6.07, 6.45) is 11.6. The molecule has 0 heterocycles. The lowest BCUT2D eigenvalue weighted by Crippen LogP contribution is -1.94. The van der Waals surface area contributed by atoms with Crippen molar-refractivity contribution in [2.45, 2.75) is 59.3 Å². The van der Waals surface area contributed by atoms with Crippen LogP contribution in [0.4, 0.5) is 0 Å². The van der Waals surface area contributed by atoms with Crippen molar-refractivity contribution in [2.24, 2.45) is 5.92 Å². The third kappa shape index (κ3) is 4.92. The molecule has 0 atom stereocenters. The molecule has 0 heteroatoms. The van der Waals surface area contributed by atoms with Gasteiger partial charge < -0.3 is 0 Å². The van der Waals surface area contributed by atoms with Gasteiger partial charge in [-0.15, -0.1) is 5.92 Å². The van der Waals surface area contributed by atoms with Crippen LogP contribution in [0.1, 0.15) is 57.6 Å². The topological polar surface area (TPSA) is 0 Å². The van der Waals surface area contributed by atoms with Gasteiger partial charge in [-0.1, -0.05) is 60.4 Å². The molecule has 22 heavy (non-hydrogen) atoms. The van der Waals surface area contributed by atoms with Gasteiger partial charge in [0.2, 0.25) is 0 Å². The Hall–Kier alpha value is -1.74. The summed E-state index contributed by atoms with van der Waals surface area (Å²) in [6, 6.07) is 8.72. The van der Waals surface area contributed by atoms with Crippen molar-refractivity contribution >= 4 is 0 Å². The van der Waals surface area contributed by atoms with E-state index >= 15 is 0 Å². The van der Waals surface area contributed by atoms with E-state index in [-0.39, 0.29) is 0 Å². The van der Waals surface area contributed by atoms with Crippen molar-refractivity contribution in [3.8, 4) is 11.8 Å². The van der Waals surface area contributed by atoms with Crippen molar-refractivity contribution in [3.63, 3.8) is 0 Å². The normalized spacial score (nSPS) is 16.5. The monoisotopic (exact) mass is 292 g/mol. The highest BCUT2D eigenvalue weighted by Gasteiger charge is 2.18. The second-order valence-corrected chi connectivity index (χ2v) is 6.30. The fourth-order valence-electron chi connectivity index (χ4n) is 2.92. The van der Waals surface area contributed by atoms with Crippen LogP contribution in [0.25, 0.3) is 0 Å². The van der Waals surface area contributed by atoms with E-state index in [1.54, 1.807) is 0 Å². The molecule has 3 rings (SSSR count). The summed E-state index contributed by atoms with van der Waals surface area (Å²) in [5.74, 6) is 7.22. The minimum absolute atomic E-state index is 0.582. The van der Waals surface area contributed by atoms with Crippen molar-refractivity contribution in [2.75, 3.05) is 0 Å². The Bertz CT molecular complexity index is 561. The molecule has 2 aliphatic carbocycles. The fraction of sp³-hybridized carbons (Fsp3) is 0.455. The zero-order chi connectivity index (χ0) is 15.8. The Kier molecular flexibility index (Phi) is 6.53. The molecule has 0 aliphatic heterocycles. The van der Waals surface area contributed by atoms with Crippen molar-refractivity contribution < 1.29 is 0 Å². The van der Waals surface area contributed by atoms with Crippen LogP contribution in [-0.4, -0.2) is 0 Å². The van der Waals surface area contributed by atoms with E-state index in [9.17, 15) is 0 Å². The van der Waals surface area contributed by atoms with Gasteiger partial charge >= 0.3 is 0 Å². The Morgan fingerprint density at radius 3 is 1.95 bits per heavy atom. The zero-order valence-electron chi connectivity index (χ0n) is 14.3. The average molecular weight is 292 g/mol. The highest BCUT2D eigenvalue weighted by Crippen LogP contribution is 2.25. The molecule has 1 aromatic rings. The number of benzene rings is 1. The molecular weight excluding hydrogens is 264 g/mol. The Labute approximate surface area is 136 Å². The lowest BCUT2D eigenvalue weighted by atomic mass is 10.0. The molecule has 0 spiro atoms. The van der Waals surface area contributed by atoms with Gasteiger partial charge in [-0.2, -0.15) is 0 Å². The lowest BCUT2D eigenvalue weighted by Gasteiger charge is -2.05. The maximum atomic E-state index is 3.38. The van der Waals surface area contributed by atoms with Gasteiger partial charge in [0.1, 0.15) is 0 Å². The number of fused-ring (bicyclic) bond motifs is 1. The largest absolute Gasteiger partial charge is 0.103 e. The fourth-order valence-corrected chi connectivity index (χ4v) is 2.92. The zero-order valence-corrected chi connectivity index (χ0v) is 14.3. The van der Waals surface area contributed by atoms with Gasteiger partial charge in [-0.25, -0.2) is 0 Å². The predicted octanol–water partition coefficient (Wildman–Crippen LogP) is 5.88. The summed E-state index contributed by atoms with van der Waals surface area (Å²) < 4.78 is 0. The maximum Gasteiger partial charge on any atom is 0.0283 e. The minimum atomic E-state index is 0.582. The Morgan fingerprint density at radius 2 is 1.50 bits per heavy atom. The van der Waals surface area contributed by atoms with Crippen LogP contribution >= 0.6 is 0 Å². The molecule has 0 saturated carbocycles. The second-order valence-electron chi connectivity index (χ2n) is 6.30. The third-order valence-electron chi connectivity index (χ3n) is 4.42. The van der Waals surface area contributed by atoms with E-state index in [1.165, 1.54) is 41.5 Å². The highest BCUT2D eigenvalue weighted by molar-refractivity contribution is 5.34. The molecule has 2 aliphatic rings. The van der Waals surface area contributed by atoms with E-state index in [1.807, 2.05) is 0 Å². The van der Waals surface area contributed by atoms with Crippen LogP contribution in [0, 0.1) is 17.8 Å². The molecule has 0 bridgehead atoms. The number of hydrogen-bond acceptors (Lipinski definition) is 0. The second kappa shape index (κ2) is 8.64. The first-order valence-electron chi connectivity index (χ1n) is 8.59. The Morgan fingerprint density at radius 1 is 0.955 bits per heavy atom. The van der Waals surface area contributed by atoms with Gasteiger partial charge in [0, 0.05) is 12.3 Å². The van der Waals surface area contributed by atoms with Crippen LogP contribution in [-0.2, 0) is 12.8 Å². The summed E-state index contributed by atoms with van der Waals surface area (Å²) in [4.78, 5) is 0. The lowest BCUT2D eigenvalue weighted by molar-refractivity contribution is 0.729. The van der Waals surface area contributed by atoms with E-state index in [2.05, 4.69) is 69.0 Å². The molecule has 1 aromatic carbocycles. The molecular formula is C22H28. The summed E-state index contributed by atoms with van der Waals surface area (Å²) in [7, 11) is 0. The molecule has 0 N–H and O–H groups in total. The van der Waals surface area contributed by atoms with Crippen molar-refractivity contribution in [3.05, 3.63) is 58.7 Å². The summed E-state index contributed by atoms with van der Waals surface area (Å²) in [6.45, 7) is 6.52. The molecule has 0 radical (unpaired) electrons. The summed E-state index contributed by atoms with van der Waals surface area (Å²) in [5, 5.41) is 0. The standard InChI is InChI=1S/C14H16.C8H12/c1-2-3-4-7-12-10-13-8-5-6-9-14(13)11-12;1-7-5-3-4-6-8(7)2/h5-6,8-9,12H,2-3,10-11H2,1H3;5-6H,3-4H2,1-2H3. The smallest absolute Gasteiger partial charge is 0.0283 e. The van der Waals surface area contributed by atoms with Crippen molar-refractivity contribution in [1.82, 2.24) is 0 Å². The molecule has 116 valence electrons. The van der Waals surface area contributed by atoms with Gasteiger partial charge in [-0.05, 0) is 57.1 Å². The highest BCUT2D eigenvalue weighted by atomic mass is 14.2. The summed E-state index contributed by atoms with van der Waals surface area (Å²) in [5.41, 5.74) is 5.92. The first kappa shape index (κ1) is 16.6. The van der Waals surface area contributed by atoms with Crippen LogP contribution < -0.4 is 0 Å². The van der Waals surface area contributed by atoms with E-state index in [0.29, 0.717) is 5.92 Å². The van der Waals surface area contributed by atoms with Gasteiger partial charge in [0.25, 0.3) is 0 Å². The first-order chi connectivity index (χ1) is 10.7. The van der Waals surface area contributed by atoms with E-state index < -0.39 is 0 Å². The van der Waals surface area contributed by atoms with Crippen LogP contribution in [0.2, 0.25) is 0 Å². The van der Waals surface area contributed by atoms with Crippen molar-refractivity contribution in [1.29, 1.82) is 0 Å². The molecule has 0 fully saturated rings.